The maximum Gasteiger partial charge on any atom is 0.261 e. The maximum atomic E-state index is 12.6. The van der Waals surface area contributed by atoms with Crippen LogP contribution in [-0.4, -0.2) is 15.5 Å². The SMILES string of the molecule is COc1ccc(NS(=O)(=O)c2ccc3c(c2)CCCC3)cc1Cl. The molecule has 1 aliphatic carbocycles. The largest absolute Gasteiger partial charge is 0.495 e. The summed E-state index contributed by atoms with van der Waals surface area (Å²) in [5, 5.41) is 0.359. The summed E-state index contributed by atoms with van der Waals surface area (Å²) in [5.41, 5.74) is 2.79. The van der Waals surface area contributed by atoms with E-state index in [1.807, 2.05) is 6.07 Å². The second kappa shape index (κ2) is 6.42. The fraction of sp³-hybridized carbons (Fsp3) is 0.294. The molecule has 2 aromatic carbocycles. The Labute approximate surface area is 141 Å². The minimum atomic E-state index is -3.63. The molecule has 0 bridgehead atoms. The van der Waals surface area contributed by atoms with Crippen molar-refractivity contribution in [2.75, 3.05) is 11.8 Å². The first-order chi connectivity index (χ1) is 11.0. The summed E-state index contributed by atoms with van der Waals surface area (Å²) in [6.45, 7) is 0. The number of aryl methyl sites for hydroxylation is 2. The third-order valence-electron chi connectivity index (χ3n) is 4.03. The Balaban J connectivity index is 1.88. The first-order valence-electron chi connectivity index (χ1n) is 7.48. The van der Waals surface area contributed by atoms with Gasteiger partial charge in [0.2, 0.25) is 0 Å². The lowest BCUT2D eigenvalue weighted by molar-refractivity contribution is 0.415. The molecular formula is C17H18ClNO3S. The maximum absolute atomic E-state index is 12.6. The highest BCUT2D eigenvalue weighted by Crippen LogP contribution is 2.29. The third-order valence-corrected chi connectivity index (χ3v) is 5.71. The van der Waals surface area contributed by atoms with Crippen molar-refractivity contribution >= 4 is 27.3 Å². The second-order valence-electron chi connectivity index (χ2n) is 5.59. The van der Waals surface area contributed by atoms with E-state index in [1.54, 1.807) is 24.3 Å². The molecule has 1 N–H and O–H groups in total. The van der Waals surface area contributed by atoms with Gasteiger partial charge < -0.3 is 4.74 Å². The van der Waals surface area contributed by atoms with E-state index in [-0.39, 0.29) is 4.90 Å². The van der Waals surface area contributed by atoms with Gasteiger partial charge in [0.05, 0.1) is 22.7 Å². The molecule has 0 radical (unpaired) electrons. The molecule has 0 saturated heterocycles. The summed E-state index contributed by atoms with van der Waals surface area (Å²) < 4.78 is 32.8. The van der Waals surface area contributed by atoms with E-state index in [0.717, 1.165) is 24.8 Å². The number of hydrogen-bond acceptors (Lipinski definition) is 3. The zero-order chi connectivity index (χ0) is 16.4. The van der Waals surface area contributed by atoms with Crippen LogP contribution in [0.5, 0.6) is 5.75 Å². The predicted octanol–water partition coefficient (Wildman–Crippen LogP) is 4.03. The zero-order valence-corrected chi connectivity index (χ0v) is 14.4. The fourth-order valence-electron chi connectivity index (χ4n) is 2.82. The molecule has 0 amide bonds. The average Bonchev–Trinajstić information content (AvgIpc) is 2.54. The molecule has 1 aliphatic rings. The topological polar surface area (TPSA) is 55.4 Å². The van der Waals surface area contributed by atoms with Crippen LogP contribution in [0, 0.1) is 0 Å². The molecule has 3 rings (SSSR count). The number of nitrogens with one attached hydrogen (secondary N) is 1. The Morgan fingerprint density at radius 1 is 1.04 bits per heavy atom. The quantitative estimate of drug-likeness (QED) is 0.904. The van der Waals surface area contributed by atoms with Gasteiger partial charge in [-0.05, 0) is 67.1 Å². The number of hydrogen-bond donors (Lipinski definition) is 1. The number of anilines is 1. The van der Waals surface area contributed by atoms with E-state index in [9.17, 15) is 8.42 Å². The molecule has 2 aromatic rings. The van der Waals surface area contributed by atoms with Crippen molar-refractivity contribution in [3.63, 3.8) is 0 Å². The number of sulfonamides is 1. The minimum Gasteiger partial charge on any atom is -0.495 e. The Morgan fingerprint density at radius 2 is 1.78 bits per heavy atom. The van der Waals surface area contributed by atoms with Gasteiger partial charge in [-0.15, -0.1) is 0 Å². The van der Waals surface area contributed by atoms with Crippen LogP contribution < -0.4 is 9.46 Å². The van der Waals surface area contributed by atoms with Crippen LogP contribution >= 0.6 is 11.6 Å². The molecule has 0 aliphatic heterocycles. The van der Waals surface area contributed by atoms with E-state index in [2.05, 4.69) is 4.72 Å². The summed E-state index contributed by atoms with van der Waals surface area (Å²) in [6, 6.07) is 10.2. The summed E-state index contributed by atoms with van der Waals surface area (Å²) in [4.78, 5) is 0.282. The van der Waals surface area contributed by atoms with Gasteiger partial charge in [-0.2, -0.15) is 0 Å². The number of methoxy groups -OCH3 is 1. The van der Waals surface area contributed by atoms with Gasteiger partial charge in [-0.25, -0.2) is 8.42 Å². The molecule has 122 valence electrons. The first kappa shape index (κ1) is 16.1. The molecule has 6 heteroatoms. The van der Waals surface area contributed by atoms with Crippen molar-refractivity contribution in [3.05, 3.63) is 52.5 Å². The van der Waals surface area contributed by atoms with Gasteiger partial charge in [-0.1, -0.05) is 17.7 Å². The monoisotopic (exact) mass is 351 g/mol. The number of benzene rings is 2. The van der Waals surface area contributed by atoms with E-state index in [1.165, 1.54) is 25.2 Å². The lowest BCUT2D eigenvalue weighted by Gasteiger charge is -2.17. The molecule has 0 aromatic heterocycles. The molecular weight excluding hydrogens is 334 g/mol. The highest BCUT2D eigenvalue weighted by Gasteiger charge is 2.18. The van der Waals surface area contributed by atoms with Gasteiger partial charge in [-0.3, -0.25) is 4.72 Å². The van der Waals surface area contributed by atoms with Crippen molar-refractivity contribution < 1.29 is 13.2 Å². The summed E-state index contributed by atoms with van der Waals surface area (Å²) in [6.07, 6.45) is 4.24. The standard InChI is InChI=1S/C17H18ClNO3S/c1-22-17-9-7-14(11-16(17)18)19-23(20,21)15-8-6-12-4-2-3-5-13(12)10-15/h6-11,19H,2-5H2,1H3. The molecule has 0 spiro atoms. The Hall–Kier alpha value is -1.72. The average molecular weight is 352 g/mol. The predicted molar refractivity (Wildman–Crippen MR) is 91.9 cm³/mol. The van der Waals surface area contributed by atoms with Gasteiger partial charge in [0.1, 0.15) is 5.75 Å². The summed E-state index contributed by atoms with van der Waals surface area (Å²) in [7, 11) is -2.12. The van der Waals surface area contributed by atoms with E-state index in [4.69, 9.17) is 16.3 Å². The van der Waals surface area contributed by atoms with E-state index >= 15 is 0 Å². The van der Waals surface area contributed by atoms with Gasteiger partial charge in [0.25, 0.3) is 10.0 Å². The first-order valence-corrected chi connectivity index (χ1v) is 9.34. The van der Waals surface area contributed by atoms with Crippen LogP contribution in [0.1, 0.15) is 24.0 Å². The van der Waals surface area contributed by atoms with E-state index in [0.29, 0.717) is 16.5 Å². The molecule has 23 heavy (non-hydrogen) atoms. The van der Waals surface area contributed by atoms with Crippen molar-refractivity contribution in [1.29, 1.82) is 0 Å². The van der Waals surface area contributed by atoms with Gasteiger partial charge in [0, 0.05) is 0 Å². The fourth-order valence-corrected chi connectivity index (χ4v) is 4.18. The van der Waals surface area contributed by atoms with Crippen molar-refractivity contribution in [2.45, 2.75) is 30.6 Å². The number of halogens is 1. The second-order valence-corrected chi connectivity index (χ2v) is 7.68. The Kier molecular flexibility index (Phi) is 4.50. The van der Waals surface area contributed by atoms with Crippen molar-refractivity contribution in [1.82, 2.24) is 0 Å². The number of ether oxygens (including phenoxy) is 1. The highest BCUT2D eigenvalue weighted by molar-refractivity contribution is 7.92. The summed E-state index contributed by atoms with van der Waals surface area (Å²) >= 11 is 6.04. The van der Waals surface area contributed by atoms with Crippen LogP contribution in [0.2, 0.25) is 5.02 Å². The highest BCUT2D eigenvalue weighted by atomic mass is 35.5. The van der Waals surface area contributed by atoms with E-state index < -0.39 is 10.0 Å². The molecule has 0 atom stereocenters. The van der Waals surface area contributed by atoms with Crippen LogP contribution in [0.25, 0.3) is 0 Å². The lowest BCUT2D eigenvalue weighted by Crippen LogP contribution is -2.14. The Bertz CT molecular complexity index is 834. The zero-order valence-electron chi connectivity index (χ0n) is 12.8. The minimum absolute atomic E-state index is 0.282. The smallest absolute Gasteiger partial charge is 0.261 e. The lowest BCUT2D eigenvalue weighted by atomic mass is 9.92. The molecule has 4 nitrogen and oxygen atoms in total. The molecule has 0 fully saturated rings. The van der Waals surface area contributed by atoms with Crippen LogP contribution in [0.3, 0.4) is 0 Å². The van der Waals surface area contributed by atoms with Gasteiger partial charge in [0.15, 0.2) is 0 Å². The Morgan fingerprint density at radius 3 is 2.48 bits per heavy atom. The number of rotatable bonds is 4. The molecule has 0 unspecified atom stereocenters. The van der Waals surface area contributed by atoms with Crippen LogP contribution in [0.15, 0.2) is 41.3 Å². The normalized spacial score (nSPS) is 14.2. The number of fused-ring (bicyclic) bond motifs is 1. The van der Waals surface area contributed by atoms with Gasteiger partial charge >= 0.3 is 0 Å². The van der Waals surface area contributed by atoms with Crippen LogP contribution in [-0.2, 0) is 22.9 Å². The third kappa shape index (κ3) is 3.46. The van der Waals surface area contributed by atoms with Crippen molar-refractivity contribution in [3.8, 4) is 5.75 Å². The summed E-state index contributed by atoms with van der Waals surface area (Å²) in [5.74, 6) is 0.503. The van der Waals surface area contributed by atoms with Crippen LogP contribution in [0.4, 0.5) is 5.69 Å². The molecule has 0 heterocycles. The molecule has 0 saturated carbocycles. The van der Waals surface area contributed by atoms with Crippen molar-refractivity contribution in [2.24, 2.45) is 0 Å².